The Kier molecular flexibility index (Phi) is 5.55. The molecular weight excluding hydrogens is 212 g/mol. The number of thiophene rings is 1. The topological polar surface area (TPSA) is 29.3 Å². The summed E-state index contributed by atoms with van der Waals surface area (Å²) in [5.74, 6) is 2.16. The molecule has 0 aliphatic heterocycles. The Balaban J connectivity index is 2.45. The van der Waals surface area contributed by atoms with Crippen molar-refractivity contribution < 1.29 is 0 Å². The van der Waals surface area contributed by atoms with Crippen molar-refractivity contribution in [2.75, 3.05) is 26.4 Å². The molecule has 1 heterocycles. The van der Waals surface area contributed by atoms with Gasteiger partial charge in [0.05, 0.1) is 0 Å². The smallest absolute Gasteiger partial charge is 0.0282 e. The molecule has 80 valence electrons. The molecule has 2 N–H and O–H groups in total. The first-order valence-corrected chi connectivity index (χ1v) is 6.75. The van der Waals surface area contributed by atoms with Crippen molar-refractivity contribution >= 4 is 23.1 Å². The van der Waals surface area contributed by atoms with Gasteiger partial charge in [-0.2, -0.15) is 11.8 Å². The average molecular weight is 230 g/mol. The van der Waals surface area contributed by atoms with Crippen molar-refractivity contribution in [2.24, 2.45) is 5.73 Å². The van der Waals surface area contributed by atoms with Crippen molar-refractivity contribution in [1.29, 1.82) is 0 Å². The number of rotatable bonds is 6. The quantitative estimate of drug-likeness (QED) is 0.758. The molecule has 0 spiro atoms. The minimum atomic E-state index is 0.777. The van der Waals surface area contributed by atoms with Crippen LogP contribution in [0.15, 0.2) is 11.4 Å². The Morgan fingerprint density at radius 2 is 2.29 bits per heavy atom. The lowest BCUT2D eigenvalue weighted by Gasteiger charge is -2.09. The van der Waals surface area contributed by atoms with E-state index in [-0.39, 0.29) is 0 Å². The largest absolute Gasteiger partial charge is 0.330 e. The van der Waals surface area contributed by atoms with Crippen molar-refractivity contribution in [2.45, 2.75) is 12.3 Å². The molecule has 0 bridgehead atoms. The molecule has 14 heavy (non-hydrogen) atoms. The molecular formula is C10H18N2S2. The highest BCUT2D eigenvalue weighted by atomic mass is 32.2. The molecule has 0 saturated carbocycles. The van der Waals surface area contributed by atoms with E-state index in [1.165, 1.54) is 10.4 Å². The molecule has 4 heteroatoms. The molecule has 0 saturated heterocycles. The fraction of sp³-hybridized carbons (Fsp3) is 0.600. The van der Waals surface area contributed by atoms with Gasteiger partial charge in [0.2, 0.25) is 0 Å². The van der Waals surface area contributed by atoms with Crippen LogP contribution in [0.2, 0.25) is 0 Å². The second-order valence-corrected chi connectivity index (χ2v) is 5.55. The van der Waals surface area contributed by atoms with E-state index in [0.29, 0.717) is 0 Å². The van der Waals surface area contributed by atoms with Crippen molar-refractivity contribution in [3.8, 4) is 0 Å². The number of nitrogens with zero attached hydrogens (tertiary/aromatic N) is 1. The van der Waals surface area contributed by atoms with Crippen LogP contribution in [-0.2, 0) is 12.3 Å². The molecule has 0 aliphatic carbocycles. The fourth-order valence-corrected chi connectivity index (χ4v) is 3.11. The molecule has 0 radical (unpaired) electrons. The van der Waals surface area contributed by atoms with Gasteiger partial charge in [0.15, 0.2) is 0 Å². The van der Waals surface area contributed by atoms with Crippen LogP contribution in [0.5, 0.6) is 0 Å². The third-order valence-corrected chi connectivity index (χ3v) is 3.98. The predicted molar refractivity (Wildman–Crippen MR) is 66.9 cm³/mol. The first-order valence-electron chi connectivity index (χ1n) is 4.72. The molecule has 2 nitrogen and oxygen atoms in total. The summed E-state index contributed by atoms with van der Waals surface area (Å²) in [4.78, 5) is 3.70. The first kappa shape index (κ1) is 12.0. The van der Waals surface area contributed by atoms with E-state index in [4.69, 9.17) is 5.73 Å². The van der Waals surface area contributed by atoms with E-state index in [2.05, 4.69) is 30.4 Å². The maximum atomic E-state index is 5.46. The van der Waals surface area contributed by atoms with Gasteiger partial charge in [-0.1, -0.05) is 0 Å². The van der Waals surface area contributed by atoms with E-state index in [1.54, 1.807) is 0 Å². The summed E-state index contributed by atoms with van der Waals surface area (Å²) in [6, 6.07) is 2.23. The van der Waals surface area contributed by atoms with Gasteiger partial charge in [0.1, 0.15) is 0 Å². The average Bonchev–Trinajstić information content (AvgIpc) is 2.52. The summed E-state index contributed by atoms with van der Waals surface area (Å²) in [6.45, 7) is 1.82. The molecule has 0 atom stereocenters. The summed E-state index contributed by atoms with van der Waals surface area (Å²) in [5, 5.41) is 2.18. The first-order chi connectivity index (χ1) is 6.74. The SMILES string of the molecule is CN(C)Cc1ccsc1CSCCN. The van der Waals surface area contributed by atoms with Gasteiger partial charge in [0, 0.05) is 29.5 Å². The Hall–Kier alpha value is -0.0300. The summed E-state index contributed by atoms with van der Waals surface area (Å²) in [7, 11) is 4.21. The fourth-order valence-electron chi connectivity index (χ4n) is 1.22. The highest BCUT2D eigenvalue weighted by Crippen LogP contribution is 2.23. The molecule has 0 amide bonds. The lowest BCUT2D eigenvalue weighted by Crippen LogP contribution is -2.11. The second kappa shape index (κ2) is 6.45. The van der Waals surface area contributed by atoms with Crippen molar-refractivity contribution in [1.82, 2.24) is 4.90 Å². The van der Waals surface area contributed by atoms with Crippen molar-refractivity contribution in [3.63, 3.8) is 0 Å². The monoisotopic (exact) mass is 230 g/mol. The van der Waals surface area contributed by atoms with E-state index < -0.39 is 0 Å². The van der Waals surface area contributed by atoms with E-state index in [9.17, 15) is 0 Å². The van der Waals surface area contributed by atoms with Gasteiger partial charge in [-0.15, -0.1) is 11.3 Å². The normalized spacial score (nSPS) is 11.1. The van der Waals surface area contributed by atoms with E-state index >= 15 is 0 Å². The van der Waals surface area contributed by atoms with Gasteiger partial charge in [-0.3, -0.25) is 0 Å². The lowest BCUT2D eigenvalue weighted by atomic mass is 10.2. The van der Waals surface area contributed by atoms with Crippen LogP contribution < -0.4 is 5.73 Å². The molecule has 1 aromatic heterocycles. The third kappa shape index (κ3) is 4.00. The minimum absolute atomic E-state index is 0.777. The van der Waals surface area contributed by atoms with Crippen LogP contribution in [0.3, 0.4) is 0 Å². The van der Waals surface area contributed by atoms with Crippen LogP contribution >= 0.6 is 23.1 Å². The van der Waals surface area contributed by atoms with Crippen LogP contribution in [0.4, 0.5) is 0 Å². The van der Waals surface area contributed by atoms with E-state index in [0.717, 1.165) is 24.6 Å². The standard InChI is InChI=1S/C10H18N2S2/c1-12(2)7-9-3-5-14-10(9)8-13-6-4-11/h3,5H,4,6-8,11H2,1-2H3. The Morgan fingerprint density at radius 3 is 2.93 bits per heavy atom. The van der Waals surface area contributed by atoms with Gasteiger partial charge in [-0.25, -0.2) is 0 Å². The zero-order chi connectivity index (χ0) is 10.4. The number of hydrogen-bond acceptors (Lipinski definition) is 4. The Labute approximate surface area is 94.5 Å². The molecule has 0 aliphatic rings. The summed E-state index contributed by atoms with van der Waals surface area (Å²) < 4.78 is 0. The van der Waals surface area contributed by atoms with Crippen LogP contribution in [0.1, 0.15) is 10.4 Å². The second-order valence-electron chi connectivity index (χ2n) is 3.45. The predicted octanol–water partition coefficient (Wildman–Crippen LogP) is 2.00. The zero-order valence-electron chi connectivity index (χ0n) is 8.82. The number of nitrogens with two attached hydrogens (primary N) is 1. The molecule has 0 fully saturated rings. The van der Waals surface area contributed by atoms with Gasteiger partial charge >= 0.3 is 0 Å². The van der Waals surface area contributed by atoms with Gasteiger partial charge < -0.3 is 10.6 Å². The number of thioether (sulfide) groups is 1. The zero-order valence-corrected chi connectivity index (χ0v) is 10.5. The van der Waals surface area contributed by atoms with Crippen molar-refractivity contribution in [3.05, 3.63) is 21.9 Å². The van der Waals surface area contributed by atoms with E-state index in [1.807, 2.05) is 23.1 Å². The Bertz CT molecular complexity index is 258. The maximum absolute atomic E-state index is 5.46. The summed E-state index contributed by atoms with van der Waals surface area (Å²) in [6.07, 6.45) is 0. The van der Waals surface area contributed by atoms with Crippen LogP contribution in [-0.4, -0.2) is 31.3 Å². The molecule has 0 aromatic carbocycles. The summed E-state index contributed by atoms with van der Waals surface area (Å²) in [5.41, 5.74) is 6.92. The van der Waals surface area contributed by atoms with Crippen LogP contribution in [0, 0.1) is 0 Å². The summed E-state index contributed by atoms with van der Waals surface area (Å²) >= 11 is 3.77. The molecule has 1 rings (SSSR count). The molecule has 0 unspecified atom stereocenters. The highest BCUT2D eigenvalue weighted by molar-refractivity contribution is 7.98. The lowest BCUT2D eigenvalue weighted by molar-refractivity contribution is 0.402. The number of hydrogen-bond donors (Lipinski definition) is 1. The highest BCUT2D eigenvalue weighted by Gasteiger charge is 2.04. The maximum Gasteiger partial charge on any atom is 0.0282 e. The third-order valence-electron chi connectivity index (χ3n) is 1.82. The van der Waals surface area contributed by atoms with Gasteiger partial charge in [0.25, 0.3) is 0 Å². The minimum Gasteiger partial charge on any atom is -0.330 e. The Morgan fingerprint density at radius 1 is 1.50 bits per heavy atom. The van der Waals surface area contributed by atoms with Gasteiger partial charge in [-0.05, 0) is 31.1 Å². The molecule has 1 aromatic rings. The van der Waals surface area contributed by atoms with Crippen LogP contribution in [0.25, 0.3) is 0 Å².